The van der Waals surface area contributed by atoms with Crippen molar-refractivity contribution < 1.29 is 29.7 Å². The predicted molar refractivity (Wildman–Crippen MR) is 95.4 cm³/mol. The van der Waals surface area contributed by atoms with Crippen LogP contribution in [0.1, 0.15) is 39.5 Å². The molecule has 6 nitrogen and oxygen atoms in total. The summed E-state index contributed by atoms with van der Waals surface area (Å²) < 4.78 is 0. The summed E-state index contributed by atoms with van der Waals surface area (Å²) in [6.07, 6.45) is 4.62. The molecule has 0 aromatic rings. The Bertz CT molecular complexity index is 784. The highest BCUT2D eigenvalue weighted by Crippen LogP contribution is 2.66. The Morgan fingerprint density at radius 3 is 2.67 bits per heavy atom. The number of fused-ring (bicyclic) bond motifs is 5. The van der Waals surface area contributed by atoms with Crippen molar-refractivity contribution in [2.75, 3.05) is 0 Å². The Morgan fingerprint density at radius 2 is 2.00 bits per heavy atom. The molecule has 6 heteroatoms. The highest BCUT2D eigenvalue weighted by Gasteiger charge is 2.68. The third kappa shape index (κ3) is 2.20. The molecule has 4 aliphatic rings. The van der Waals surface area contributed by atoms with Gasteiger partial charge in [-0.25, -0.2) is 0 Å². The Balaban J connectivity index is 1.79. The molecule has 4 aliphatic carbocycles. The van der Waals surface area contributed by atoms with Gasteiger partial charge in [-0.05, 0) is 55.2 Å². The van der Waals surface area contributed by atoms with Crippen LogP contribution in [-0.4, -0.2) is 51.0 Å². The van der Waals surface area contributed by atoms with E-state index in [2.05, 4.69) is 0 Å². The number of allylic oxidation sites excluding steroid dienone is 3. The number of carbonyl (C=O) groups excluding carboxylic acids is 3. The summed E-state index contributed by atoms with van der Waals surface area (Å²) in [7, 11) is 0. The number of aldehydes is 1. The zero-order chi connectivity index (χ0) is 19.8. The van der Waals surface area contributed by atoms with E-state index in [0.29, 0.717) is 18.4 Å². The first-order valence-corrected chi connectivity index (χ1v) is 9.62. The van der Waals surface area contributed by atoms with Crippen molar-refractivity contribution in [2.24, 2.45) is 28.6 Å². The molecule has 3 saturated carbocycles. The summed E-state index contributed by atoms with van der Waals surface area (Å²) in [4.78, 5) is 35.2. The largest absolute Gasteiger partial charge is 0.393 e. The topological polar surface area (TPSA) is 112 Å². The molecule has 0 aromatic heterocycles. The minimum atomic E-state index is -1.77. The quantitative estimate of drug-likeness (QED) is 0.485. The molecule has 4 rings (SSSR count). The van der Waals surface area contributed by atoms with Crippen molar-refractivity contribution in [2.45, 2.75) is 57.3 Å². The van der Waals surface area contributed by atoms with Crippen LogP contribution in [0.5, 0.6) is 0 Å². The normalized spacial score (nSPS) is 51.1. The molecule has 0 amide bonds. The Hall–Kier alpha value is -1.63. The molecule has 27 heavy (non-hydrogen) atoms. The van der Waals surface area contributed by atoms with E-state index in [1.165, 1.54) is 12.2 Å². The molecule has 3 N–H and O–H groups in total. The number of aliphatic hydroxyl groups excluding tert-OH is 2. The van der Waals surface area contributed by atoms with Gasteiger partial charge in [0, 0.05) is 16.7 Å². The second-order valence-electron chi connectivity index (χ2n) is 9.24. The SMILES string of the molecule is C[C@]12C=CC(=O)C=C1[C@H](O)C[C@@H]1[C@@H]2[C@@H](O)C[C@@]2(C)[C@H]1CC[C@]2(O)C(=O)C=O. The van der Waals surface area contributed by atoms with Crippen LogP contribution in [-0.2, 0) is 14.4 Å². The molecule has 0 heterocycles. The second kappa shape index (κ2) is 5.69. The molecule has 3 fully saturated rings. The molecule has 0 unspecified atom stereocenters. The maximum Gasteiger partial charge on any atom is 0.227 e. The van der Waals surface area contributed by atoms with Crippen molar-refractivity contribution in [3.8, 4) is 0 Å². The lowest BCUT2D eigenvalue weighted by molar-refractivity contribution is -0.180. The van der Waals surface area contributed by atoms with Crippen molar-refractivity contribution in [3.63, 3.8) is 0 Å². The molecule has 0 aliphatic heterocycles. The number of Topliss-reactive ketones (excluding diaryl/α,β-unsaturated/α-hetero) is 1. The van der Waals surface area contributed by atoms with Gasteiger partial charge in [-0.2, -0.15) is 0 Å². The van der Waals surface area contributed by atoms with Crippen LogP contribution >= 0.6 is 0 Å². The number of hydrogen-bond acceptors (Lipinski definition) is 6. The number of aliphatic hydroxyl groups is 3. The smallest absolute Gasteiger partial charge is 0.227 e. The molecule has 8 atom stereocenters. The highest BCUT2D eigenvalue weighted by atomic mass is 16.3. The number of ketones is 2. The molecule has 0 aromatic carbocycles. The minimum absolute atomic E-state index is 0.0983. The summed E-state index contributed by atoms with van der Waals surface area (Å²) >= 11 is 0. The second-order valence-corrected chi connectivity index (χ2v) is 9.24. The van der Waals surface area contributed by atoms with Crippen molar-refractivity contribution in [3.05, 3.63) is 23.8 Å². The van der Waals surface area contributed by atoms with E-state index in [1.807, 2.05) is 6.92 Å². The van der Waals surface area contributed by atoms with Gasteiger partial charge < -0.3 is 15.3 Å². The number of rotatable bonds is 2. The van der Waals surface area contributed by atoms with Crippen LogP contribution in [0.4, 0.5) is 0 Å². The molecule has 0 radical (unpaired) electrons. The molecule has 146 valence electrons. The Kier molecular flexibility index (Phi) is 3.94. The summed E-state index contributed by atoms with van der Waals surface area (Å²) in [6, 6.07) is 0. The van der Waals surface area contributed by atoms with Crippen molar-refractivity contribution in [1.82, 2.24) is 0 Å². The van der Waals surface area contributed by atoms with Crippen LogP contribution in [0, 0.1) is 28.6 Å². The van der Waals surface area contributed by atoms with Gasteiger partial charge in [0.1, 0.15) is 5.60 Å². The zero-order valence-corrected chi connectivity index (χ0v) is 15.6. The van der Waals surface area contributed by atoms with Gasteiger partial charge in [-0.15, -0.1) is 0 Å². The first-order valence-electron chi connectivity index (χ1n) is 9.62. The van der Waals surface area contributed by atoms with Gasteiger partial charge in [0.15, 0.2) is 12.1 Å². The van der Waals surface area contributed by atoms with E-state index in [4.69, 9.17) is 0 Å². The lowest BCUT2D eigenvalue weighted by Gasteiger charge is -2.60. The van der Waals surface area contributed by atoms with Crippen LogP contribution in [0.2, 0.25) is 0 Å². The van der Waals surface area contributed by atoms with Gasteiger partial charge >= 0.3 is 0 Å². The fourth-order valence-corrected chi connectivity index (χ4v) is 6.89. The summed E-state index contributed by atoms with van der Waals surface area (Å²) in [5.74, 6) is -1.43. The maximum atomic E-state index is 12.2. The van der Waals surface area contributed by atoms with Crippen LogP contribution in [0.15, 0.2) is 23.8 Å². The van der Waals surface area contributed by atoms with E-state index >= 15 is 0 Å². The minimum Gasteiger partial charge on any atom is -0.393 e. The first-order chi connectivity index (χ1) is 12.6. The Labute approximate surface area is 158 Å². The standard InChI is InChI=1S/C21H26O6/c1-19-5-3-11(23)7-14(19)15(24)8-12-13-4-6-21(27,17(26)10-22)20(13,2)9-16(25)18(12)19/h3,5,7,10,12-13,15-16,18,24-25,27H,4,6,8-9H2,1-2H3/t12-,13-,15+,16-,18+,19-,20-,21-/m0/s1. The molecular formula is C21H26O6. The summed E-state index contributed by atoms with van der Waals surface area (Å²) in [5.41, 5.74) is -2.70. The lowest BCUT2D eigenvalue weighted by atomic mass is 9.45. The van der Waals surface area contributed by atoms with E-state index in [9.17, 15) is 29.7 Å². The fourth-order valence-electron chi connectivity index (χ4n) is 6.89. The number of hydrogen-bond donors (Lipinski definition) is 3. The Morgan fingerprint density at radius 1 is 1.30 bits per heavy atom. The third-order valence-electron chi connectivity index (χ3n) is 8.18. The van der Waals surface area contributed by atoms with E-state index in [-0.39, 0.29) is 42.7 Å². The molecule has 0 bridgehead atoms. The van der Waals surface area contributed by atoms with Crippen LogP contribution in [0.25, 0.3) is 0 Å². The lowest BCUT2D eigenvalue weighted by Crippen LogP contribution is -2.62. The molecule has 0 spiro atoms. The molecule has 0 saturated heterocycles. The third-order valence-corrected chi connectivity index (χ3v) is 8.18. The van der Waals surface area contributed by atoms with Crippen LogP contribution < -0.4 is 0 Å². The monoisotopic (exact) mass is 374 g/mol. The van der Waals surface area contributed by atoms with Gasteiger partial charge in [-0.1, -0.05) is 19.9 Å². The van der Waals surface area contributed by atoms with Crippen molar-refractivity contribution >= 4 is 17.9 Å². The van der Waals surface area contributed by atoms with Crippen LogP contribution in [0.3, 0.4) is 0 Å². The highest BCUT2D eigenvalue weighted by molar-refractivity contribution is 6.29. The first kappa shape index (κ1) is 18.7. The van der Waals surface area contributed by atoms with E-state index < -0.39 is 34.4 Å². The molecular weight excluding hydrogens is 348 g/mol. The van der Waals surface area contributed by atoms with Gasteiger partial charge in [0.2, 0.25) is 5.78 Å². The zero-order valence-electron chi connectivity index (χ0n) is 15.6. The average Bonchev–Trinajstić information content (AvgIpc) is 2.87. The maximum absolute atomic E-state index is 12.2. The number of carbonyl (C=O) groups is 3. The van der Waals surface area contributed by atoms with E-state index in [1.54, 1.807) is 13.0 Å². The van der Waals surface area contributed by atoms with Crippen molar-refractivity contribution in [1.29, 1.82) is 0 Å². The van der Waals surface area contributed by atoms with Gasteiger partial charge in [-0.3, -0.25) is 14.4 Å². The van der Waals surface area contributed by atoms with Gasteiger partial charge in [0.25, 0.3) is 0 Å². The predicted octanol–water partition coefficient (Wildman–Crippen LogP) is 0.735. The summed E-state index contributed by atoms with van der Waals surface area (Å²) in [5, 5.41) is 33.0. The average molecular weight is 374 g/mol. The summed E-state index contributed by atoms with van der Waals surface area (Å²) in [6.45, 7) is 3.72. The van der Waals surface area contributed by atoms with Gasteiger partial charge in [0.05, 0.1) is 12.2 Å². The van der Waals surface area contributed by atoms with E-state index in [0.717, 1.165) is 0 Å². The fraction of sp³-hybridized carbons (Fsp3) is 0.667.